The van der Waals surface area contributed by atoms with Crippen molar-refractivity contribution in [3.63, 3.8) is 0 Å². The summed E-state index contributed by atoms with van der Waals surface area (Å²) in [5.74, 6) is -0.0310. The second kappa shape index (κ2) is 8.52. The number of aryl methyl sites for hydroxylation is 3. The van der Waals surface area contributed by atoms with Crippen molar-refractivity contribution >= 4 is 23.2 Å². The number of benzene rings is 2. The topological polar surface area (TPSA) is 41.4 Å². The number of amides is 1. The van der Waals surface area contributed by atoms with Gasteiger partial charge in [-0.2, -0.15) is 5.10 Å². The third kappa shape index (κ3) is 4.21. The fraction of sp³-hybridized carbons (Fsp3) is 0.333. The molecule has 0 N–H and O–H groups in total. The van der Waals surface area contributed by atoms with Crippen LogP contribution in [0.3, 0.4) is 0 Å². The Morgan fingerprint density at radius 1 is 0.967 bits per heavy atom. The van der Waals surface area contributed by atoms with Crippen molar-refractivity contribution in [2.45, 2.75) is 27.3 Å². The molecule has 0 unspecified atom stereocenters. The Balaban J connectivity index is 1.46. The summed E-state index contributed by atoms with van der Waals surface area (Å²) in [4.78, 5) is 17.4. The molecule has 156 valence electrons. The molecule has 0 saturated carbocycles. The quantitative estimate of drug-likeness (QED) is 0.622. The summed E-state index contributed by atoms with van der Waals surface area (Å²) in [6.45, 7) is 9.53. The summed E-state index contributed by atoms with van der Waals surface area (Å²) < 4.78 is 1.72. The van der Waals surface area contributed by atoms with Crippen LogP contribution < -0.4 is 4.90 Å². The van der Waals surface area contributed by atoms with Gasteiger partial charge in [-0.1, -0.05) is 53.6 Å². The van der Waals surface area contributed by atoms with Gasteiger partial charge in [0.05, 0.1) is 17.8 Å². The molecule has 1 aliphatic rings. The smallest absolute Gasteiger partial charge is 0.259 e. The average molecular weight is 423 g/mol. The molecule has 0 spiro atoms. The molecule has 2 aromatic carbocycles. The molecule has 2 heterocycles. The molecule has 3 aromatic rings. The van der Waals surface area contributed by atoms with Gasteiger partial charge in [0.2, 0.25) is 0 Å². The summed E-state index contributed by atoms with van der Waals surface area (Å²) in [5, 5.41) is 4.96. The molecule has 30 heavy (non-hydrogen) atoms. The Labute approximate surface area is 182 Å². The number of halogens is 1. The van der Waals surface area contributed by atoms with Gasteiger partial charge in [-0.3, -0.25) is 4.79 Å². The van der Waals surface area contributed by atoms with Crippen molar-refractivity contribution in [1.29, 1.82) is 0 Å². The van der Waals surface area contributed by atoms with Crippen LogP contribution in [-0.2, 0) is 6.54 Å². The molecule has 1 fully saturated rings. The number of carbonyl (C=O) groups is 1. The minimum Gasteiger partial charge on any atom is -0.368 e. The Kier molecular flexibility index (Phi) is 5.82. The van der Waals surface area contributed by atoms with E-state index in [4.69, 9.17) is 11.6 Å². The molecular formula is C24H27ClN4O. The maximum absolute atomic E-state index is 13.2. The summed E-state index contributed by atoms with van der Waals surface area (Å²) in [6.07, 6.45) is 0. The predicted molar refractivity (Wildman–Crippen MR) is 122 cm³/mol. The van der Waals surface area contributed by atoms with E-state index < -0.39 is 0 Å². The normalized spacial score (nSPS) is 14.3. The highest BCUT2D eigenvalue weighted by Gasteiger charge is 2.28. The highest BCUT2D eigenvalue weighted by atomic mass is 35.5. The fourth-order valence-electron chi connectivity index (χ4n) is 3.92. The van der Waals surface area contributed by atoms with Crippen LogP contribution in [0.4, 0.5) is 5.69 Å². The van der Waals surface area contributed by atoms with Crippen LogP contribution >= 0.6 is 11.6 Å². The van der Waals surface area contributed by atoms with Gasteiger partial charge in [-0.25, -0.2) is 4.68 Å². The van der Waals surface area contributed by atoms with Crippen LogP contribution in [0.25, 0.3) is 0 Å². The summed E-state index contributed by atoms with van der Waals surface area (Å²) in [7, 11) is 0. The van der Waals surface area contributed by atoms with Crippen LogP contribution in [0, 0.1) is 20.8 Å². The van der Waals surface area contributed by atoms with Crippen LogP contribution in [0.5, 0.6) is 0 Å². The van der Waals surface area contributed by atoms with Gasteiger partial charge < -0.3 is 9.80 Å². The van der Waals surface area contributed by atoms with Gasteiger partial charge in [0.1, 0.15) is 5.15 Å². The number of hydrogen-bond donors (Lipinski definition) is 0. The van der Waals surface area contributed by atoms with Gasteiger partial charge in [0, 0.05) is 31.9 Å². The highest BCUT2D eigenvalue weighted by molar-refractivity contribution is 6.33. The zero-order chi connectivity index (χ0) is 21.3. The number of nitrogens with zero attached hydrogens (tertiary/aromatic N) is 4. The lowest BCUT2D eigenvalue weighted by molar-refractivity contribution is 0.0746. The molecule has 5 nitrogen and oxygen atoms in total. The Hall–Kier alpha value is -2.79. The predicted octanol–water partition coefficient (Wildman–Crippen LogP) is 4.47. The number of piperazine rings is 1. The SMILES string of the molecule is Cc1ccc(Cn2nc(C)c(C(=O)N3CCN(c4cccc(C)c4)CC3)c2Cl)cc1. The molecule has 1 amide bonds. The fourth-order valence-corrected chi connectivity index (χ4v) is 4.23. The second-order valence-corrected chi connectivity index (χ2v) is 8.37. The first-order valence-corrected chi connectivity index (χ1v) is 10.7. The maximum Gasteiger partial charge on any atom is 0.259 e. The zero-order valence-corrected chi connectivity index (χ0v) is 18.5. The molecular weight excluding hydrogens is 396 g/mol. The van der Waals surface area contributed by atoms with Crippen molar-refractivity contribution in [3.8, 4) is 0 Å². The lowest BCUT2D eigenvalue weighted by Crippen LogP contribution is -2.49. The number of aromatic nitrogens is 2. The van der Waals surface area contributed by atoms with Crippen molar-refractivity contribution in [2.75, 3.05) is 31.1 Å². The number of carbonyl (C=O) groups excluding carboxylic acids is 1. The van der Waals surface area contributed by atoms with E-state index in [1.165, 1.54) is 16.8 Å². The van der Waals surface area contributed by atoms with Crippen molar-refractivity contribution < 1.29 is 4.79 Å². The van der Waals surface area contributed by atoms with Crippen molar-refractivity contribution in [3.05, 3.63) is 81.6 Å². The monoisotopic (exact) mass is 422 g/mol. The third-order valence-corrected chi connectivity index (χ3v) is 6.05. The van der Waals surface area contributed by atoms with E-state index in [0.717, 1.165) is 18.7 Å². The first-order valence-electron chi connectivity index (χ1n) is 10.3. The van der Waals surface area contributed by atoms with Crippen LogP contribution in [0.1, 0.15) is 32.7 Å². The van der Waals surface area contributed by atoms with E-state index in [2.05, 4.69) is 72.4 Å². The summed E-state index contributed by atoms with van der Waals surface area (Å²) in [6, 6.07) is 16.8. The summed E-state index contributed by atoms with van der Waals surface area (Å²) >= 11 is 6.61. The van der Waals surface area contributed by atoms with E-state index >= 15 is 0 Å². The van der Waals surface area contributed by atoms with Gasteiger partial charge >= 0.3 is 0 Å². The van der Waals surface area contributed by atoms with E-state index in [-0.39, 0.29) is 5.91 Å². The first kappa shape index (κ1) is 20.5. The first-order chi connectivity index (χ1) is 14.4. The Morgan fingerprint density at radius 3 is 2.33 bits per heavy atom. The summed E-state index contributed by atoms with van der Waals surface area (Å²) in [5.41, 5.74) is 5.97. The molecule has 1 saturated heterocycles. The molecule has 0 aliphatic carbocycles. The number of hydrogen-bond acceptors (Lipinski definition) is 3. The average Bonchev–Trinajstić information content (AvgIpc) is 3.02. The van der Waals surface area contributed by atoms with E-state index in [1.807, 2.05) is 11.8 Å². The molecule has 0 atom stereocenters. The van der Waals surface area contributed by atoms with Crippen LogP contribution in [-0.4, -0.2) is 46.8 Å². The minimum absolute atomic E-state index is 0.0310. The van der Waals surface area contributed by atoms with E-state index in [0.29, 0.717) is 36.0 Å². The van der Waals surface area contributed by atoms with Crippen molar-refractivity contribution in [2.24, 2.45) is 0 Å². The minimum atomic E-state index is -0.0310. The lowest BCUT2D eigenvalue weighted by Gasteiger charge is -2.36. The van der Waals surface area contributed by atoms with Gasteiger partial charge in [0.15, 0.2) is 0 Å². The van der Waals surface area contributed by atoms with Crippen molar-refractivity contribution in [1.82, 2.24) is 14.7 Å². The van der Waals surface area contributed by atoms with Gasteiger partial charge in [-0.15, -0.1) is 0 Å². The standard InChI is InChI=1S/C24H27ClN4O/c1-17-7-9-20(10-8-17)16-29-23(25)22(19(3)26-29)24(30)28-13-11-27(12-14-28)21-6-4-5-18(2)15-21/h4-10,15H,11-14,16H2,1-3H3. The Bertz CT molecular complexity index is 1050. The maximum atomic E-state index is 13.2. The number of anilines is 1. The Morgan fingerprint density at radius 2 is 1.67 bits per heavy atom. The van der Waals surface area contributed by atoms with Gasteiger partial charge in [-0.05, 0) is 44.0 Å². The third-order valence-electron chi connectivity index (χ3n) is 5.67. The van der Waals surface area contributed by atoms with Crippen LogP contribution in [0.15, 0.2) is 48.5 Å². The largest absolute Gasteiger partial charge is 0.368 e. The molecule has 1 aliphatic heterocycles. The molecule has 0 bridgehead atoms. The second-order valence-electron chi connectivity index (χ2n) is 8.01. The van der Waals surface area contributed by atoms with Crippen LogP contribution in [0.2, 0.25) is 5.15 Å². The molecule has 0 radical (unpaired) electrons. The molecule has 4 rings (SSSR count). The van der Waals surface area contributed by atoms with E-state index in [9.17, 15) is 4.79 Å². The highest BCUT2D eigenvalue weighted by Crippen LogP contribution is 2.24. The molecule has 6 heteroatoms. The lowest BCUT2D eigenvalue weighted by atomic mass is 10.1. The van der Waals surface area contributed by atoms with E-state index in [1.54, 1.807) is 4.68 Å². The zero-order valence-electron chi connectivity index (χ0n) is 17.7. The number of rotatable bonds is 4. The molecule has 1 aromatic heterocycles. The van der Waals surface area contributed by atoms with Gasteiger partial charge in [0.25, 0.3) is 5.91 Å².